The number of aromatic nitrogens is 4. The van der Waals surface area contributed by atoms with Gasteiger partial charge in [0.1, 0.15) is 11.6 Å². The molecule has 6 heteroatoms. The van der Waals surface area contributed by atoms with Crippen LogP contribution in [0.4, 0.5) is 0 Å². The summed E-state index contributed by atoms with van der Waals surface area (Å²) < 4.78 is 2.21. The van der Waals surface area contributed by atoms with Crippen molar-refractivity contribution in [2.75, 3.05) is 13.1 Å². The number of hydrogen-bond donors (Lipinski definition) is 0. The molecule has 0 saturated carbocycles. The molecule has 0 bridgehead atoms. The summed E-state index contributed by atoms with van der Waals surface area (Å²) in [6.07, 6.45) is 10.0. The van der Waals surface area contributed by atoms with E-state index in [-0.39, 0.29) is 11.8 Å². The molecule has 1 fully saturated rings. The van der Waals surface area contributed by atoms with Gasteiger partial charge in [0.15, 0.2) is 0 Å². The van der Waals surface area contributed by atoms with Gasteiger partial charge >= 0.3 is 0 Å². The van der Waals surface area contributed by atoms with Gasteiger partial charge in [0.25, 0.3) is 5.91 Å². The Balaban J connectivity index is 1.75. The highest BCUT2D eigenvalue weighted by molar-refractivity contribution is 5.93. The molecule has 0 spiro atoms. The van der Waals surface area contributed by atoms with Gasteiger partial charge in [0.05, 0.1) is 5.56 Å². The van der Waals surface area contributed by atoms with Crippen LogP contribution >= 0.6 is 0 Å². The largest absolute Gasteiger partial charge is 0.338 e. The number of aryl methyl sites for hydroxylation is 1. The molecule has 2 aromatic rings. The Bertz CT molecular complexity index is 692. The molecule has 0 N–H and O–H groups in total. The van der Waals surface area contributed by atoms with Crippen LogP contribution in [0.15, 0.2) is 24.8 Å². The molecule has 1 atom stereocenters. The Kier molecular flexibility index (Phi) is 4.92. The molecule has 6 nitrogen and oxygen atoms in total. The number of nitrogens with zero attached hydrogens (tertiary/aromatic N) is 5. The highest BCUT2D eigenvalue weighted by atomic mass is 16.2. The van der Waals surface area contributed by atoms with Gasteiger partial charge in [-0.15, -0.1) is 0 Å². The second-order valence-electron chi connectivity index (χ2n) is 6.62. The summed E-state index contributed by atoms with van der Waals surface area (Å²) in [6, 6.07) is 0.378. The highest BCUT2D eigenvalue weighted by Crippen LogP contribution is 2.28. The summed E-state index contributed by atoms with van der Waals surface area (Å²) in [5.74, 6) is 2.16. The standard InChI is InChI=1S/C18H25N5O/c1-4-16-20-10-15(11-21-16)18(24)22-8-5-6-14(12-22)17-19-7-9-23(17)13(2)3/h7,9-11,13-14H,4-6,8,12H2,1-3H3/t14-/m0/s1. The molecule has 0 radical (unpaired) electrons. The zero-order chi connectivity index (χ0) is 17.1. The third kappa shape index (κ3) is 3.32. The number of likely N-dealkylation sites (tertiary alicyclic amines) is 1. The third-order valence-corrected chi connectivity index (χ3v) is 4.60. The fourth-order valence-corrected chi connectivity index (χ4v) is 3.28. The van der Waals surface area contributed by atoms with Crippen LogP contribution in [0, 0.1) is 0 Å². The first-order valence-corrected chi connectivity index (χ1v) is 8.73. The molecule has 3 rings (SSSR count). The van der Waals surface area contributed by atoms with E-state index in [1.54, 1.807) is 12.4 Å². The zero-order valence-corrected chi connectivity index (χ0v) is 14.6. The second kappa shape index (κ2) is 7.11. The molecule has 1 saturated heterocycles. The molecular weight excluding hydrogens is 302 g/mol. The minimum atomic E-state index is 0.0185. The molecule has 0 aromatic carbocycles. The lowest BCUT2D eigenvalue weighted by Crippen LogP contribution is -2.40. The third-order valence-electron chi connectivity index (χ3n) is 4.60. The lowest BCUT2D eigenvalue weighted by molar-refractivity contribution is 0.0702. The predicted molar refractivity (Wildman–Crippen MR) is 91.9 cm³/mol. The molecule has 24 heavy (non-hydrogen) atoms. The van der Waals surface area contributed by atoms with Gasteiger partial charge in [-0.25, -0.2) is 15.0 Å². The maximum absolute atomic E-state index is 12.8. The minimum absolute atomic E-state index is 0.0185. The monoisotopic (exact) mass is 327 g/mol. The van der Waals surface area contributed by atoms with Gasteiger partial charge in [-0.3, -0.25) is 4.79 Å². The van der Waals surface area contributed by atoms with E-state index in [1.807, 2.05) is 24.2 Å². The van der Waals surface area contributed by atoms with Crippen LogP contribution < -0.4 is 0 Å². The summed E-state index contributed by atoms with van der Waals surface area (Å²) in [4.78, 5) is 27.7. The van der Waals surface area contributed by atoms with Crippen molar-refractivity contribution in [3.8, 4) is 0 Å². The Hall–Kier alpha value is -2.24. The van der Waals surface area contributed by atoms with Crippen LogP contribution in [0.5, 0.6) is 0 Å². The first kappa shape index (κ1) is 16.6. The number of amides is 1. The van der Waals surface area contributed by atoms with Gasteiger partial charge in [-0.2, -0.15) is 0 Å². The van der Waals surface area contributed by atoms with Gasteiger partial charge in [-0.1, -0.05) is 6.92 Å². The van der Waals surface area contributed by atoms with Crippen molar-refractivity contribution < 1.29 is 4.79 Å². The molecule has 1 aliphatic rings. The van der Waals surface area contributed by atoms with Crippen LogP contribution in [0.25, 0.3) is 0 Å². The van der Waals surface area contributed by atoms with E-state index in [2.05, 4.69) is 33.4 Å². The number of carbonyl (C=O) groups excluding carboxylic acids is 1. The normalized spacial score (nSPS) is 18.2. The van der Waals surface area contributed by atoms with Crippen molar-refractivity contribution >= 4 is 5.91 Å². The summed E-state index contributed by atoms with van der Waals surface area (Å²) in [5.41, 5.74) is 0.569. The first-order chi connectivity index (χ1) is 11.6. The maximum atomic E-state index is 12.8. The van der Waals surface area contributed by atoms with E-state index in [1.165, 1.54) is 0 Å². The molecule has 0 unspecified atom stereocenters. The van der Waals surface area contributed by atoms with Gasteiger partial charge in [0.2, 0.25) is 0 Å². The maximum Gasteiger partial charge on any atom is 0.257 e. The van der Waals surface area contributed by atoms with E-state index in [4.69, 9.17) is 0 Å². The van der Waals surface area contributed by atoms with E-state index in [9.17, 15) is 4.79 Å². The SMILES string of the molecule is CCc1ncc(C(=O)N2CCC[C@H](c3nccn3C(C)C)C2)cn1. The van der Waals surface area contributed by atoms with Crippen molar-refractivity contribution in [3.63, 3.8) is 0 Å². The molecule has 2 aromatic heterocycles. The van der Waals surface area contributed by atoms with Crippen molar-refractivity contribution in [1.29, 1.82) is 0 Å². The number of hydrogen-bond acceptors (Lipinski definition) is 4. The van der Waals surface area contributed by atoms with Crippen molar-refractivity contribution in [2.24, 2.45) is 0 Å². The Morgan fingerprint density at radius 3 is 2.71 bits per heavy atom. The Morgan fingerprint density at radius 1 is 1.29 bits per heavy atom. The fourth-order valence-electron chi connectivity index (χ4n) is 3.28. The first-order valence-electron chi connectivity index (χ1n) is 8.73. The number of rotatable bonds is 4. The van der Waals surface area contributed by atoms with E-state index < -0.39 is 0 Å². The van der Waals surface area contributed by atoms with Gasteiger partial charge < -0.3 is 9.47 Å². The van der Waals surface area contributed by atoms with E-state index >= 15 is 0 Å². The van der Waals surface area contributed by atoms with E-state index in [0.717, 1.165) is 37.5 Å². The van der Waals surface area contributed by atoms with Gasteiger partial charge in [0, 0.05) is 56.3 Å². The average molecular weight is 327 g/mol. The predicted octanol–water partition coefficient (Wildman–Crippen LogP) is 2.84. The summed E-state index contributed by atoms with van der Waals surface area (Å²) >= 11 is 0. The van der Waals surface area contributed by atoms with Gasteiger partial charge in [-0.05, 0) is 26.7 Å². The molecular formula is C18H25N5O. The number of imidazole rings is 1. The number of carbonyl (C=O) groups is 1. The second-order valence-corrected chi connectivity index (χ2v) is 6.62. The molecule has 1 amide bonds. The molecule has 0 aliphatic carbocycles. The van der Waals surface area contributed by atoms with Crippen LogP contribution in [0.3, 0.4) is 0 Å². The molecule has 128 valence electrons. The smallest absolute Gasteiger partial charge is 0.257 e. The lowest BCUT2D eigenvalue weighted by atomic mass is 9.96. The quantitative estimate of drug-likeness (QED) is 0.866. The molecule has 1 aliphatic heterocycles. The van der Waals surface area contributed by atoms with Crippen LogP contribution in [0.2, 0.25) is 0 Å². The topological polar surface area (TPSA) is 63.9 Å². The lowest BCUT2D eigenvalue weighted by Gasteiger charge is -2.33. The number of piperidine rings is 1. The average Bonchev–Trinajstić information content (AvgIpc) is 3.11. The summed E-state index contributed by atoms with van der Waals surface area (Å²) in [6.45, 7) is 7.81. The van der Waals surface area contributed by atoms with Crippen LogP contribution in [-0.2, 0) is 6.42 Å². The highest BCUT2D eigenvalue weighted by Gasteiger charge is 2.28. The summed E-state index contributed by atoms with van der Waals surface area (Å²) in [5, 5.41) is 0. The Morgan fingerprint density at radius 2 is 2.04 bits per heavy atom. The van der Waals surface area contributed by atoms with Crippen LogP contribution in [-0.4, -0.2) is 43.4 Å². The van der Waals surface area contributed by atoms with E-state index in [0.29, 0.717) is 18.2 Å². The Labute approximate surface area is 142 Å². The van der Waals surface area contributed by atoms with Crippen molar-refractivity contribution in [1.82, 2.24) is 24.4 Å². The minimum Gasteiger partial charge on any atom is -0.338 e. The summed E-state index contributed by atoms with van der Waals surface area (Å²) in [7, 11) is 0. The van der Waals surface area contributed by atoms with Crippen molar-refractivity contribution in [3.05, 3.63) is 42.0 Å². The zero-order valence-electron chi connectivity index (χ0n) is 14.6. The fraction of sp³-hybridized carbons (Fsp3) is 0.556. The molecule has 3 heterocycles. The van der Waals surface area contributed by atoms with Crippen molar-refractivity contribution in [2.45, 2.75) is 52.0 Å². The van der Waals surface area contributed by atoms with Crippen LogP contribution in [0.1, 0.15) is 67.6 Å².